The highest BCUT2D eigenvalue weighted by Gasteiger charge is 2.08. The third-order valence-corrected chi connectivity index (χ3v) is 2.83. The molecule has 2 aromatic carbocycles. The predicted octanol–water partition coefficient (Wildman–Crippen LogP) is 0.359. The first kappa shape index (κ1) is 19.2. The second-order valence-corrected chi connectivity index (χ2v) is 4.72. The quantitative estimate of drug-likeness (QED) is 0.342. The standard InChI is InChI=1S/C8H9N3O2.C8H9N3O/c9-8(10)11-6-3-1-2-5(4-6)7(12)13;9-7(10)5-3-1-2-4-6(5)8(11)12/h1-4H,(H,12,13)(H4,9,10,11);1-4H,(H3,9,10)(H2,11,12). The van der Waals surface area contributed by atoms with E-state index in [9.17, 15) is 9.59 Å². The molecule has 9 heteroatoms. The average Bonchev–Trinajstić information content (AvgIpc) is 2.55. The van der Waals surface area contributed by atoms with Crippen LogP contribution in [-0.4, -0.2) is 28.8 Å². The Labute approximate surface area is 143 Å². The van der Waals surface area contributed by atoms with Crippen molar-refractivity contribution in [3.05, 3.63) is 65.2 Å². The van der Waals surface area contributed by atoms with Gasteiger partial charge >= 0.3 is 5.97 Å². The summed E-state index contributed by atoms with van der Waals surface area (Å²) in [5.74, 6) is -1.82. The van der Waals surface area contributed by atoms with Gasteiger partial charge in [-0.3, -0.25) is 10.2 Å². The van der Waals surface area contributed by atoms with Gasteiger partial charge in [0.1, 0.15) is 5.84 Å². The number of nitrogens with two attached hydrogens (primary N) is 4. The molecular weight excluding hydrogens is 324 g/mol. The minimum atomic E-state index is -1.01. The minimum Gasteiger partial charge on any atom is -0.478 e. The summed E-state index contributed by atoms with van der Waals surface area (Å²) in [5, 5.41) is 15.8. The molecule has 0 aliphatic carbocycles. The number of rotatable bonds is 4. The van der Waals surface area contributed by atoms with E-state index in [1.54, 1.807) is 36.4 Å². The van der Waals surface area contributed by atoms with Gasteiger partial charge in [0.15, 0.2) is 5.96 Å². The lowest BCUT2D eigenvalue weighted by Gasteiger charge is -2.02. The minimum absolute atomic E-state index is 0.0949. The number of nitrogen functional groups attached to an aromatic ring is 1. The number of primary amides is 1. The highest BCUT2D eigenvalue weighted by molar-refractivity contribution is 6.07. The second-order valence-electron chi connectivity index (χ2n) is 4.72. The normalized spacial score (nSPS) is 9.28. The summed E-state index contributed by atoms with van der Waals surface area (Å²) in [7, 11) is 0. The summed E-state index contributed by atoms with van der Waals surface area (Å²) < 4.78 is 0. The van der Waals surface area contributed by atoms with Crippen molar-refractivity contribution in [1.29, 1.82) is 5.41 Å². The van der Waals surface area contributed by atoms with Gasteiger partial charge in [-0.15, -0.1) is 0 Å². The Bertz CT molecular complexity index is 795. The van der Waals surface area contributed by atoms with Crippen LogP contribution in [-0.2, 0) is 0 Å². The fraction of sp³-hybridized carbons (Fsp3) is 0. The van der Waals surface area contributed by atoms with Crippen LogP contribution in [0.4, 0.5) is 5.69 Å². The molecule has 0 spiro atoms. The third-order valence-electron chi connectivity index (χ3n) is 2.83. The van der Waals surface area contributed by atoms with Crippen LogP contribution in [0.15, 0.2) is 53.5 Å². The number of aliphatic imine (C=N–C) groups is 1. The summed E-state index contributed by atoms with van der Waals surface area (Å²) in [6, 6.07) is 12.5. The van der Waals surface area contributed by atoms with E-state index in [1.807, 2.05) is 0 Å². The summed E-state index contributed by atoms with van der Waals surface area (Å²) in [6.45, 7) is 0. The Morgan fingerprint density at radius 2 is 1.52 bits per heavy atom. The van der Waals surface area contributed by atoms with Gasteiger partial charge in [-0.25, -0.2) is 9.79 Å². The molecular formula is C16H18N6O3. The lowest BCUT2D eigenvalue weighted by molar-refractivity contribution is 0.0696. The number of hydrogen-bond donors (Lipinski definition) is 6. The zero-order chi connectivity index (χ0) is 19.0. The van der Waals surface area contributed by atoms with Gasteiger partial charge in [-0.1, -0.05) is 24.3 Å². The van der Waals surface area contributed by atoms with Crippen LogP contribution >= 0.6 is 0 Å². The number of carboxylic acids is 1. The van der Waals surface area contributed by atoms with E-state index >= 15 is 0 Å². The maximum Gasteiger partial charge on any atom is 0.335 e. The van der Waals surface area contributed by atoms with E-state index in [0.717, 1.165) is 0 Å². The Kier molecular flexibility index (Phi) is 6.65. The number of guanidine groups is 1. The highest BCUT2D eigenvalue weighted by atomic mass is 16.4. The fourth-order valence-electron chi connectivity index (χ4n) is 1.79. The number of amides is 1. The van der Waals surface area contributed by atoms with Gasteiger partial charge in [-0.2, -0.15) is 0 Å². The number of nitrogens with one attached hydrogen (secondary N) is 1. The number of aromatic carboxylic acids is 1. The Morgan fingerprint density at radius 1 is 0.920 bits per heavy atom. The highest BCUT2D eigenvalue weighted by Crippen LogP contribution is 2.13. The lowest BCUT2D eigenvalue weighted by atomic mass is 10.1. The molecule has 1 amide bonds. The van der Waals surface area contributed by atoms with Crippen molar-refractivity contribution in [1.82, 2.24) is 0 Å². The number of nitrogens with zero attached hydrogens (tertiary/aromatic N) is 1. The molecule has 0 radical (unpaired) electrons. The van der Waals surface area contributed by atoms with E-state index in [0.29, 0.717) is 11.3 Å². The molecule has 9 nitrogen and oxygen atoms in total. The Hall–Kier alpha value is -3.88. The van der Waals surface area contributed by atoms with Crippen LogP contribution in [0.1, 0.15) is 26.3 Å². The maximum atomic E-state index is 10.8. The van der Waals surface area contributed by atoms with Crippen LogP contribution in [0.5, 0.6) is 0 Å². The van der Waals surface area contributed by atoms with Gasteiger partial charge in [-0.05, 0) is 24.3 Å². The van der Waals surface area contributed by atoms with Crippen molar-refractivity contribution in [2.24, 2.45) is 27.9 Å². The first-order valence-electron chi connectivity index (χ1n) is 6.88. The van der Waals surface area contributed by atoms with Crippen molar-refractivity contribution in [2.75, 3.05) is 0 Å². The molecule has 0 aromatic heterocycles. The molecule has 0 bridgehead atoms. The van der Waals surface area contributed by atoms with E-state index in [1.165, 1.54) is 12.1 Å². The first-order valence-corrected chi connectivity index (χ1v) is 6.88. The predicted molar refractivity (Wildman–Crippen MR) is 94.8 cm³/mol. The smallest absolute Gasteiger partial charge is 0.335 e. The van der Waals surface area contributed by atoms with Gasteiger partial charge < -0.3 is 28.0 Å². The molecule has 0 saturated carbocycles. The topological polar surface area (TPSA) is 195 Å². The molecule has 0 atom stereocenters. The van der Waals surface area contributed by atoms with Crippen LogP contribution < -0.4 is 22.9 Å². The van der Waals surface area contributed by atoms with Crippen molar-refractivity contribution in [2.45, 2.75) is 0 Å². The van der Waals surface area contributed by atoms with Crippen LogP contribution in [0.2, 0.25) is 0 Å². The second kappa shape index (κ2) is 8.67. The van der Waals surface area contributed by atoms with Crippen molar-refractivity contribution in [3.8, 4) is 0 Å². The molecule has 25 heavy (non-hydrogen) atoms. The van der Waals surface area contributed by atoms with E-state index in [-0.39, 0.29) is 22.9 Å². The van der Waals surface area contributed by atoms with E-state index in [2.05, 4.69) is 4.99 Å². The lowest BCUT2D eigenvalue weighted by Crippen LogP contribution is -2.21. The molecule has 2 aromatic rings. The number of benzene rings is 2. The van der Waals surface area contributed by atoms with Gasteiger partial charge in [0.25, 0.3) is 0 Å². The number of carbonyl (C=O) groups is 2. The number of amidine groups is 1. The number of hydrogen-bond acceptors (Lipinski definition) is 4. The summed E-state index contributed by atoms with van der Waals surface area (Å²) in [6.07, 6.45) is 0. The van der Waals surface area contributed by atoms with Crippen molar-refractivity contribution < 1.29 is 14.7 Å². The number of carboxylic acid groups (broad SMARTS) is 1. The SMILES string of the molecule is N=C(N)c1ccccc1C(N)=O.NC(N)=Nc1cccc(C(=O)O)c1. The monoisotopic (exact) mass is 342 g/mol. The van der Waals surface area contributed by atoms with Crippen LogP contribution in [0.25, 0.3) is 0 Å². The van der Waals surface area contributed by atoms with Crippen molar-refractivity contribution >= 4 is 29.4 Å². The molecule has 0 aliphatic rings. The van der Waals surface area contributed by atoms with E-state index < -0.39 is 11.9 Å². The Balaban J connectivity index is 0.000000251. The van der Waals surface area contributed by atoms with Gasteiger partial charge in [0, 0.05) is 11.1 Å². The Morgan fingerprint density at radius 3 is 1.96 bits per heavy atom. The summed E-state index contributed by atoms with van der Waals surface area (Å²) >= 11 is 0. The third kappa shape index (κ3) is 6.02. The zero-order valence-electron chi connectivity index (χ0n) is 13.1. The molecule has 0 fully saturated rings. The summed E-state index contributed by atoms with van der Waals surface area (Å²) in [5.41, 5.74) is 21.8. The molecule has 130 valence electrons. The number of carbonyl (C=O) groups excluding carboxylic acids is 1. The van der Waals surface area contributed by atoms with Gasteiger partial charge in [0.2, 0.25) is 5.91 Å². The molecule has 0 saturated heterocycles. The average molecular weight is 342 g/mol. The summed E-state index contributed by atoms with van der Waals surface area (Å²) in [4.78, 5) is 25.0. The van der Waals surface area contributed by atoms with E-state index in [4.69, 9.17) is 33.5 Å². The maximum absolute atomic E-state index is 10.8. The van der Waals surface area contributed by atoms with Crippen molar-refractivity contribution in [3.63, 3.8) is 0 Å². The molecule has 0 unspecified atom stereocenters. The fourth-order valence-corrected chi connectivity index (χ4v) is 1.79. The van der Waals surface area contributed by atoms with Gasteiger partial charge in [0.05, 0.1) is 11.3 Å². The molecule has 10 N–H and O–H groups in total. The molecule has 2 rings (SSSR count). The first-order chi connectivity index (χ1) is 11.7. The zero-order valence-corrected chi connectivity index (χ0v) is 13.1. The largest absolute Gasteiger partial charge is 0.478 e. The van der Waals surface area contributed by atoms with Crippen LogP contribution in [0, 0.1) is 5.41 Å². The molecule has 0 heterocycles. The van der Waals surface area contributed by atoms with Crippen LogP contribution in [0.3, 0.4) is 0 Å². The molecule has 0 aliphatic heterocycles.